The molecular formula is C22H18F3N3O2. The van der Waals surface area contributed by atoms with Gasteiger partial charge in [0.25, 0.3) is 0 Å². The van der Waals surface area contributed by atoms with Crippen molar-refractivity contribution in [2.75, 3.05) is 5.32 Å². The van der Waals surface area contributed by atoms with E-state index in [1.54, 1.807) is 48.9 Å². The van der Waals surface area contributed by atoms with Crippen molar-refractivity contribution in [3.63, 3.8) is 0 Å². The molecule has 4 aromatic rings. The highest BCUT2D eigenvalue weighted by Crippen LogP contribution is 2.37. The van der Waals surface area contributed by atoms with Gasteiger partial charge in [0.1, 0.15) is 18.1 Å². The average molecular weight is 413 g/mol. The van der Waals surface area contributed by atoms with Crippen LogP contribution in [0.2, 0.25) is 0 Å². The van der Waals surface area contributed by atoms with Crippen molar-refractivity contribution < 1.29 is 22.3 Å². The molecule has 0 aliphatic carbocycles. The van der Waals surface area contributed by atoms with Gasteiger partial charge in [0.2, 0.25) is 0 Å². The Kier molecular flexibility index (Phi) is 5.47. The number of ether oxygens (including phenoxy) is 1. The lowest BCUT2D eigenvalue weighted by molar-refractivity contribution is -0.138. The Morgan fingerprint density at radius 1 is 1.03 bits per heavy atom. The fourth-order valence-electron chi connectivity index (χ4n) is 3.13. The van der Waals surface area contributed by atoms with Gasteiger partial charge in [0.15, 0.2) is 0 Å². The highest BCUT2D eigenvalue weighted by atomic mass is 19.4. The smallest absolute Gasteiger partial charge is 0.416 e. The van der Waals surface area contributed by atoms with Gasteiger partial charge in [-0.1, -0.05) is 18.2 Å². The van der Waals surface area contributed by atoms with Gasteiger partial charge in [-0.2, -0.15) is 18.3 Å². The predicted octanol–water partition coefficient (Wildman–Crippen LogP) is 5.80. The summed E-state index contributed by atoms with van der Waals surface area (Å²) in [6.07, 6.45) is 0.182. The zero-order valence-corrected chi connectivity index (χ0v) is 15.7. The summed E-state index contributed by atoms with van der Waals surface area (Å²) in [5, 5.41) is 9.73. The van der Waals surface area contributed by atoms with Crippen LogP contribution in [0, 0.1) is 0 Å². The molecule has 2 aromatic carbocycles. The Morgan fingerprint density at radius 3 is 2.50 bits per heavy atom. The zero-order chi connectivity index (χ0) is 21.0. The van der Waals surface area contributed by atoms with Gasteiger partial charge >= 0.3 is 6.18 Å². The van der Waals surface area contributed by atoms with E-state index in [2.05, 4.69) is 15.5 Å². The van der Waals surface area contributed by atoms with Gasteiger partial charge in [-0.05, 0) is 48.0 Å². The third-order valence-corrected chi connectivity index (χ3v) is 4.56. The van der Waals surface area contributed by atoms with Crippen LogP contribution in [0.1, 0.15) is 28.5 Å². The molecule has 0 aliphatic heterocycles. The fraction of sp³-hybridized carbons (Fsp3) is 0.136. The number of hydrogen-bond donors (Lipinski definition) is 2. The molecule has 0 saturated heterocycles. The first-order valence-corrected chi connectivity index (χ1v) is 9.17. The monoisotopic (exact) mass is 413 g/mol. The third-order valence-electron chi connectivity index (χ3n) is 4.56. The molecule has 2 N–H and O–H groups in total. The number of alkyl halides is 3. The number of nitrogens with one attached hydrogen (secondary N) is 2. The van der Waals surface area contributed by atoms with Crippen molar-refractivity contribution in [3.05, 3.63) is 102 Å². The summed E-state index contributed by atoms with van der Waals surface area (Å²) in [6.45, 7) is 0.288. The molecule has 30 heavy (non-hydrogen) atoms. The van der Waals surface area contributed by atoms with Gasteiger partial charge in [-0.3, -0.25) is 5.10 Å². The van der Waals surface area contributed by atoms with Crippen LogP contribution in [0.15, 0.2) is 83.7 Å². The lowest BCUT2D eigenvalue weighted by Gasteiger charge is -2.23. The van der Waals surface area contributed by atoms with Crippen molar-refractivity contribution in [2.45, 2.75) is 18.8 Å². The molecule has 8 heteroatoms. The van der Waals surface area contributed by atoms with E-state index >= 15 is 0 Å². The largest absolute Gasteiger partial charge is 0.486 e. The van der Waals surface area contributed by atoms with Gasteiger partial charge in [0, 0.05) is 17.4 Å². The summed E-state index contributed by atoms with van der Waals surface area (Å²) in [5.74, 6) is 1.31. The van der Waals surface area contributed by atoms with Gasteiger partial charge in [-0.15, -0.1) is 0 Å². The second kappa shape index (κ2) is 8.36. The zero-order valence-electron chi connectivity index (χ0n) is 15.7. The summed E-state index contributed by atoms with van der Waals surface area (Å²) >= 11 is 0. The Labute approximate surface area is 170 Å². The van der Waals surface area contributed by atoms with Crippen LogP contribution in [0.4, 0.5) is 18.9 Å². The topological polar surface area (TPSA) is 63.1 Å². The van der Waals surface area contributed by atoms with E-state index in [9.17, 15) is 13.2 Å². The maximum absolute atomic E-state index is 13.6. The molecule has 1 unspecified atom stereocenters. The lowest BCUT2D eigenvalue weighted by Crippen LogP contribution is -2.18. The maximum Gasteiger partial charge on any atom is 0.416 e. The SMILES string of the molecule is FC(F)(F)c1ccccc1C(Nc1ccc(OCc2ccco2)cc1)c1cn[nH]c1. The second-order valence-corrected chi connectivity index (χ2v) is 6.59. The average Bonchev–Trinajstić information content (AvgIpc) is 3.45. The van der Waals surface area contributed by atoms with Gasteiger partial charge in [-0.25, -0.2) is 0 Å². The number of aromatic amines is 1. The number of rotatable bonds is 7. The predicted molar refractivity (Wildman–Crippen MR) is 105 cm³/mol. The lowest BCUT2D eigenvalue weighted by atomic mass is 9.95. The molecule has 0 fully saturated rings. The van der Waals surface area contributed by atoms with E-state index in [0.29, 0.717) is 22.8 Å². The Morgan fingerprint density at radius 2 is 1.83 bits per heavy atom. The first-order valence-electron chi connectivity index (χ1n) is 9.17. The first-order chi connectivity index (χ1) is 14.5. The van der Waals surface area contributed by atoms with Crippen LogP contribution >= 0.6 is 0 Å². The minimum Gasteiger partial charge on any atom is -0.486 e. The maximum atomic E-state index is 13.6. The van der Waals surface area contributed by atoms with Crippen molar-refractivity contribution in [2.24, 2.45) is 0 Å². The second-order valence-electron chi connectivity index (χ2n) is 6.59. The van der Waals surface area contributed by atoms with E-state index in [0.717, 1.165) is 6.07 Å². The normalized spacial score (nSPS) is 12.5. The van der Waals surface area contributed by atoms with Crippen molar-refractivity contribution >= 4 is 5.69 Å². The van der Waals surface area contributed by atoms with Crippen LogP contribution < -0.4 is 10.1 Å². The molecule has 0 spiro atoms. The molecule has 0 radical (unpaired) electrons. The molecule has 0 amide bonds. The Bertz CT molecular complexity index is 1060. The van der Waals surface area contributed by atoms with Crippen molar-refractivity contribution in [1.82, 2.24) is 10.2 Å². The number of furan rings is 1. The van der Waals surface area contributed by atoms with Crippen molar-refractivity contribution in [3.8, 4) is 5.75 Å². The molecule has 4 rings (SSSR count). The first kappa shape index (κ1) is 19.6. The van der Waals surface area contributed by atoms with Gasteiger partial charge in [0.05, 0.1) is 24.1 Å². The molecule has 0 aliphatic rings. The van der Waals surface area contributed by atoms with Crippen LogP contribution in [-0.4, -0.2) is 10.2 Å². The van der Waals surface area contributed by atoms with Crippen molar-refractivity contribution in [1.29, 1.82) is 0 Å². The molecule has 0 bridgehead atoms. The molecule has 2 aromatic heterocycles. The highest BCUT2D eigenvalue weighted by molar-refractivity contribution is 5.52. The fourth-order valence-corrected chi connectivity index (χ4v) is 3.13. The quantitative estimate of drug-likeness (QED) is 0.402. The Balaban J connectivity index is 1.57. The molecule has 154 valence electrons. The standard InChI is InChI=1S/C22H18F3N3O2/c23-22(24,25)20-6-2-1-5-19(20)21(15-12-26-27-13-15)28-16-7-9-17(10-8-16)30-14-18-4-3-11-29-18/h1-13,21,28H,14H2,(H,26,27). The molecular weight excluding hydrogens is 395 g/mol. The van der Waals surface area contributed by atoms with E-state index in [-0.39, 0.29) is 12.2 Å². The summed E-state index contributed by atoms with van der Waals surface area (Å²) in [7, 11) is 0. The van der Waals surface area contributed by atoms with E-state index < -0.39 is 17.8 Å². The van der Waals surface area contributed by atoms with Gasteiger partial charge < -0.3 is 14.5 Å². The Hall–Kier alpha value is -3.68. The number of benzene rings is 2. The molecule has 1 atom stereocenters. The number of nitrogens with zero attached hydrogens (tertiary/aromatic N) is 1. The minimum absolute atomic E-state index is 0.115. The number of anilines is 1. The number of halogens is 3. The number of hydrogen-bond acceptors (Lipinski definition) is 4. The van der Waals surface area contributed by atoms with E-state index in [1.807, 2.05) is 6.07 Å². The van der Waals surface area contributed by atoms with Crippen LogP contribution in [0.25, 0.3) is 0 Å². The summed E-state index contributed by atoms with van der Waals surface area (Å²) in [4.78, 5) is 0. The third kappa shape index (κ3) is 4.48. The van der Waals surface area contributed by atoms with E-state index in [4.69, 9.17) is 9.15 Å². The molecule has 2 heterocycles. The van der Waals surface area contributed by atoms with Crippen LogP contribution in [0.5, 0.6) is 5.75 Å². The van der Waals surface area contributed by atoms with E-state index in [1.165, 1.54) is 18.3 Å². The minimum atomic E-state index is -4.47. The number of aromatic nitrogens is 2. The number of H-pyrrole nitrogens is 1. The van der Waals surface area contributed by atoms with Crippen LogP contribution in [0.3, 0.4) is 0 Å². The summed E-state index contributed by atoms with van der Waals surface area (Å²) in [6, 6.07) is 15.3. The van der Waals surface area contributed by atoms with Crippen LogP contribution in [-0.2, 0) is 12.8 Å². The summed E-state index contributed by atoms with van der Waals surface area (Å²) in [5.41, 5.74) is 0.653. The molecule has 0 saturated carbocycles. The summed E-state index contributed by atoms with van der Waals surface area (Å²) < 4.78 is 51.6. The molecule has 5 nitrogen and oxygen atoms in total. The highest BCUT2D eigenvalue weighted by Gasteiger charge is 2.35.